The van der Waals surface area contributed by atoms with E-state index in [9.17, 15) is 4.79 Å². The second-order valence-electron chi connectivity index (χ2n) is 4.39. The molecule has 0 aliphatic carbocycles. The van der Waals surface area contributed by atoms with Crippen LogP contribution < -0.4 is 10.6 Å². The fourth-order valence-electron chi connectivity index (χ4n) is 1.69. The van der Waals surface area contributed by atoms with Crippen LogP contribution in [0, 0.1) is 6.92 Å². The van der Waals surface area contributed by atoms with Gasteiger partial charge in [0.25, 0.3) is 0 Å². The van der Waals surface area contributed by atoms with E-state index >= 15 is 0 Å². The van der Waals surface area contributed by atoms with Gasteiger partial charge in [-0.15, -0.1) is 0 Å². The molecule has 6 heteroatoms. The van der Waals surface area contributed by atoms with E-state index in [-0.39, 0.29) is 0 Å². The molecule has 0 spiro atoms. The third kappa shape index (κ3) is 4.46. The zero-order chi connectivity index (χ0) is 15.2. The van der Waals surface area contributed by atoms with Crippen molar-refractivity contribution in [2.24, 2.45) is 0 Å². The number of pyridine rings is 1. The summed E-state index contributed by atoms with van der Waals surface area (Å²) in [7, 11) is 0. The summed E-state index contributed by atoms with van der Waals surface area (Å²) in [6.07, 6.45) is 1.09. The highest BCUT2D eigenvalue weighted by atomic mass is 79.9. The molecule has 21 heavy (non-hydrogen) atoms. The Morgan fingerprint density at radius 2 is 2.14 bits per heavy atom. The van der Waals surface area contributed by atoms with E-state index in [0.29, 0.717) is 18.1 Å². The normalized spacial score (nSPS) is 10.0. The average molecular weight is 350 g/mol. The lowest BCUT2D eigenvalue weighted by Gasteiger charge is -2.09. The Balaban J connectivity index is 2.03. The minimum absolute atomic E-state index is 0.334. The lowest BCUT2D eigenvalue weighted by atomic mass is 10.2. The second-order valence-corrected chi connectivity index (χ2v) is 5.24. The molecule has 2 rings (SSSR count). The molecule has 110 valence electrons. The molecule has 1 amide bonds. The van der Waals surface area contributed by atoms with E-state index in [4.69, 9.17) is 4.74 Å². The van der Waals surface area contributed by atoms with E-state index < -0.39 is 6.09 Å². The van der Waals surface area contributed by atoms with Gasteiger partial charge in [-0.3, -0.25) is 5.32 Å². The number of carbonyl (C=O) groups is 1. The molecule has 0 saturated carbocycles. The molecule has 1 aromatic carbocycles. The molecule has 0 saturated heterocycles. The maximum atomic E-state index is 11.3. The average Bonchev–Trinajstić information content (AvgIpc) is 2.44. The Hall–Kier alpha value is -2.08. The van der Waals surface area contributed by atoms with Gasteiger partial charge in [-0.1, -0.05) is 6.07 Å². The molecule has 0 atom stereocenters. The van der Waals surface area contributed by atoms with Gasteiger partial charge in [-0.2, -0.15) is 0 Å². The van der Waals surface area contributed by atoms with Gasteiger partial charge in [0, 0.05) is 4.47 Å². The lowest BCUT2D eigenvalue weighted by molar-refractivity contribution is 0.168. The Labute approximate surface area is 131 Å². The minimum atomic E-state index is -0.485. The Kier molecular flexibility index (Phi) is 5.16. The number of aromatic nitrogens is 1. The molecule has 2 N–H and O–H groups in total. The summed E-state index contributed by atoms with van der Waals surface area (Å²) >= 11 is 3.51. The van der Waals surface area contributed by atoms with Crippen molar-refractivity contribution in [1.82, 2.24) is 4.98 Å². The van der Waals surface area contributed by atoms with Crippen LogP contribution in [0.1, 0.15) is 12.5 Å². The summed E-state index contributed by atoms with van der Waals surface area (Å²) in [6, 6.07) is 9.57. The van der Waals surface area contributed by atoms with Gasteiger partial charge < -0.3 is 10.1 Å². The number of amides is 1. The van der Waals surface area contributed by atoms with Crippen LogP contribution in [0.2, 0.25) is 0 Å². The van der Waals surface area contributed by atoms with Crippen LogP contribution in [0.4, 0.5) is 22.0 Å². The molecule has 5 nitrogen and oxygen atoms in total. The van der Waals surface area contributed by atoms with Gasteiger partial charge in [0.1, 0.15) is 5.82 Å². The van der Waals surface area contributed by atoms with Crippen LogP contribution in [0.5, 0.6) is 0 Å². The van der Waals surface area contributed by atoms with Gasteiger partial charge in [0.15, 0.2) is 0 Å². The van der Waals surface area contributed by atoms with Crippen molar-refractivity contribution in [3.05, 3.63) is 46.6 Å². The van der Waals surface area contributed by atoms with Crippen molar-refractivity contribution in [2.45, 2.75) is 13.8 Å². The number of carbonyl (C=O) groups excluding carboxylic acids is 1. The maximum Gasteiger partial charge on any atom is 0.411 e. The molecule has 0 radical (unpaired) electrons. The molecule has 0 fully saturated rings. The summed E-state index contributed by atoms with van der Waals surface area (Å²) in [4.78, 5) is 15.5. The molecule has 0 bridgehead atoms. The molecule has 0 aliphatic heterocycles. The van der Waals surface area contributed by atoms with Gasteiger partial charge in [0.05, 0.1) is 24.2 Å². The van der Waals surface area contributed by atoms with E-state index in [0.717, 1.165) is 10.2 Å². The Bertz CT molecular complexity index is 629. The highest BCUT2D eigenvalue weighted by Crippen LogP contribution is 2.26. The first-order chi connectivity index (χ1) is 10.1. The third-order valence-electron chi connectivity index (χ3n) is 2.67. The van der Waals surface area contributed by atoms with Crippen LogP contribution in [0.3, 0.4) is 0 Å². The number of hydrogen-bond acceptors (Lipinski definition) is 4. The van der Waals surface area contributed by atoms with Crippen LogP contribution in [-0.4, -0.2) is 17.7 Å². The van der Waals surface area contributed by atoms with E-state index in [1.165, 1.54) is 5.56 Å². The Morgan fingerprint density at radius 1 is 1.33 bits per heavy atom. The van der Waals surface area contributed by atoms with Crippen molar-refractivity contribution < 1.29 is 9.53 Å². The van der Waals surface area contributed by atoms with Crippen LogP contribution in [0.15, 0.2) is 41.0 Å². The number of benzene rings is 1. The molecule has 2 aromatic rings. The topological polar surface area (TPSA) is 63.2 Å². The van der Waals surface area contributed by atoms with Gasteiger partial charge >= 0.3 is 6.09 Å². The third-order valence-corrected chi connectivity index (χ3v) is 3.33. The molecule has 1 heterocycles. The number of hydrogen-bond donors (Lipinski definition) is 2. The summed E-state index contributed by atoms with van der Waals surface area (Å²) in [6.45, 7) is 4.12. The van der Waals surface area contributed by atoms with Gasteiger partial charge in [-0.05, 0) is 59.6 Å². The van der Waals surface area contributed by atoms with Crippen molar-refractivity contribution in [1.29, 1.82) is 0 Å². The number of rotatable bonds is 4. The number of halogens is 1. The number of anilines is 3. The van der Waals surface area contributed by atoms with Crippen molar-refractivity contribution in [3.63, 3.8) is 0 Å². The number of aryl methyl sites for hydroxylation is 1. The van der Waals surface area contributed by atoms with E-state index in [1.54, 1.807) is 25.3 Å². The first-order valence-electron chi connectivity index (χ1n) is 6.51. The van der Waals surface area contributed by atoms with Crippen molar-refractivity contribution >= 4 is 39.2 Å². The fourth-order valence-corrected chi connectivity index (χ4v) is 2.28. The van der Waals surface area contributed by atoms with Crippen LogP contribution in [-0.2, 0) is 4.74 Å². The first-order valence-corrected chi connectivity index (χ1v) is 7.31. The highest BCUT2D eigenvalue weighted by Gasteiger charge is 2.04. The second kappa shape index (κ2) is 7.08. The number of ether oxygens (including phenoxy) is 1. The van der Waals surface area contributed by atoms with Crippen molar-refractivity contribution in [3.8, 4) is 0 Å². The van der Waals surface area contributed by atoms with Gasteiger partial charge in [0.2, 0.25) is 0 Å². The summed E-state index contributed by atoms with van der Waals surface area (Å²) in [5.41, 5.74) is 2.69. The van der Waals surface area contributed by atoms with E-state index in [2.05, 4.69) is 31.5 Å². The number of nitrogens with zero attached hydrogens (tertiary/aromatic N) is 1. The smallest absolute Gasteiger partial charge is 0.411 e. The Morgan fingerprint density at radius 3 is 2.76 bits per heavy atom. The fraction of sp³-hybridized carbons (Fsp3) is 0.200. The maximum absolute atomic E-state index is 11.3. The van der Waals surface area contributed by atoms with Crippen molar-refractivity contribution in [2.75, 3.05) is 17.2 Å². The summed E-state index contributed by atoms with van der Waals surface area (Å²) in [5.74, 6) is 0.689. The van der Waals surface area contributed by atoms with E-state index in [1.807, 2.05) is 25.1 Å². The summed E-state index contributed by atoms with van der Waals surface area (Å²) < 4.78 is 5.77. The van der Waals surface area contributed by atoms with Crippen LogP contribution in [0.25, 0.3) is 0 Å². The minimum Gasteiger partial charge on any atom is -0.450 e. The lowest BCUT2D eigenvalue weighted by Crippen LogP contribution is -2.13. The summed E-state index contributed by atoms with van der Waals surface area (Å²) in [5, 5.41) is 5.80. The molecule has 1 aromatic heterocycles. The monoisotopic (exact) mass is 349 g/mol. The molecule has 0 unspecified atom stereocenters. The predicted molar refractivity (Wildman–Crippen MR) is 87.0 cm³/mol. The zero-order valence-electron chi connectivity index (χ0n) is 11.8. The van der Waals surface area contributed by atoms with Gasteiger partial charge in [-0.25, -0.2) is 9.78 Å². The first kappa shape index (κ1) is 15.3. The molecular formula is C15H16BrN3O2. The largest absolute Gasteiger partial charge is 0.450 e. The predicted octanol–water partition coefficient (Wildman–Crippen LogP) is 4.46. The number of nitrogens with one attached hydrogen (secondary N) is 2. The molecular weight excluding hydrogens is 334 g/mol. The highest BCUT2D eigenvalue weighted by molar-refractivity contribution is 9.10. The standard InChI is InChI=1S/C15H16BrN3O2/c1-3-21-15(20)18-11-5-7-14(17-9-11)19-13-6-4-10(2)8-12(13)16/h4-9H,3H2,1-2H3,(H,17,19)(H,18,20). The molecule has 0 aliphatic rings. The zero-order valence-corrected chi connectivity index (χ0v) is 13.4. The SMILES string of the molecule is CCOC(=O)Nc1ccc(Nc2ccc(C)cc2Br)nc1. The quantitative estimate of drug-likeness (QED) is 0.854. The van der Waals surface area contributed by atoms with Crippen LogP contribution >= 0.6 is 15.9 Å².